The smallest absolute Gasteiger partial charge is 0.325 e. The summed E-state index contributed by atoms with van der Waals surface area (Å²) in [4.78, 5) is 40.0. The molecule has 0 bridgehead atoms. The Morgan fingerprint density at radius 2 is 1.96 bits per heavy atom. The number of rotatable bonds is 3. The summed E-state index contributed by atoms with van der Waals surface area (Å²) in [5, 5.41) is 2.71. The van der Waals surface area contributed by atoms with Crippen LogP contribution in [0.4, 0.5) is 4.79 Å². The van der Waals surface area contributed by atoms with Crippen molar-refractivity contribution in [1.82, 2.24) is 15.1 Å². The molecule has 0 aliphatic carbocycles. The van der Waals surface area contributed by atoms with E-state index in [1.807, 2.05) is 31.2 Å². The first-order valence-electron chi connectivity index (χ1n) is 8.06. The Hall–Kier alpha value is -2.12. The molecular weight excluding hydrogens is 344 g/mol. The number of imide groups is 1. The molecule has 4 amide bonds. The van der Waals surface area contributed by atoms with Crippen LogP contribution in [0.2, 0.25) is 0 Å². The van der Waals surface area contributed by atoms with Crippen LogP contribution in [0.15, 0.2) is 24.3 Å². The number of nitrogens with zero attached hydrogens (tertiary/aromatic N) is 2. The summed E-state index contributed by atoms with van der Waals surface area (Å²) in [6, 6.07) is 6.84. The first-order chi connectivity index (χ1) is 11.3. The Bertz CT molecular complexity index is 694. The third-order valence-electron chi connectivity index (χ3n) is 4.77. The molecule has 7 nitrogen and oxygen atoms in total. The average Bonchev–Trinajstić information content (AvgIpc) is 3.06. The topological polar surface area (TPSA) is 95.7 Å². The van der Waals surface area contributed by atoms with Gasteiger partial charge in [0.25, 0.3) is 5.91 Å². The molecule has 2 saturated heterocycles. The van der Waals surface area contributed by atoms with Crippen molar-refractivity contribution in [2.24, 2.45) is 5.73 Å². The Kier molecular flexibility index (Phi) is 5.39. The third kappa shape index (κ3) is 3.48. The molecule has 2 aliphatic heterocycles. The Balaban J connectivity index is 0.00000225. The first kappa shape index (κ1) is 19.2. The second kappa shape index (κ2) is 7.01. The second-order valence-electron chi connectivity index (χ2n) is 6.70. The van der Waals surface area contributed by atoms with Crippen molar-refractivity contribution in [3.05, 3.63) is 35.4 Å². The standard InChI is InChI=1S/C17H22N4O3.ClH/c1-11-3-5-12(6-4-11)17(2)15(23)21(16(24)19-17)10-14(22)20-8-7-13(18)9-20;/h3-6,13H,7-10,18H2,1-2H3,(H,19,24);1H/t13-,17?;/m1./s1. The highest BCUT2D eigenvalue weighted by atomic mass is 35.5. The highest BCUT2D eigenvalue weighted by molar-refractivity contribution is 6.09. The van der Waals surface area contributed by atoms with E-state index in [9.17, 15) is 14.4 Å². The molecule has 0 aromatic heterocycles. The van der Waals surface area contributed by atoms with Gasteiger partial charge < -0.3 is 16.0 Å². The fraction of sp³-hybridized carbons (Fsp3) is 0.471. The van der Waals surface area contributed by atoms with E-state index < -0.39 is 17.5 Å². The molecule has 25 heavy (non-hydrogen) atoms. The summed E-state index contributed by atoms with van der Waals surface area (Å²) < 4.78 is 0. The van der Waals surface area contributed by atoms with Crippen LogP contribution in [0.3, 0.4) is 0 Å². The van der Waals surface area contributed by atoms with Gasteiger partial charge in [-0.2, -0.15) is 0 Å². The van der Waals surface area contributed by atoms with Gasteiger partial charge in [-0.05, 0) is 25.8 Å². The number of hydrogen-bond acceptors (Lipinski definition) is 4. The van der Waals surface area contributed by atoms with E-state index >= 15 is 0 Å². The summed E-state index contributed by atoms with van der Waals surface area (Å²) in [6.45, 7) is 4.40. The van der Waals surface area contributed by atoms with Crippen molar-refractivity contribution in [2.45, 2.75) is 31.8 Å². The van der Waals surface area contributed by atoms with E-state index in [1.54, 1.807) is 11.8 Å². The molecule has 0 saturated carbocycles. The van der Waals surface area contributed by atoms with Crippen LogP contribution in [0.25, 0.3) is 0 Å². The Labute approximate surface area is 152 Å². The third-order valence-corrected chi connectivity index (χ3v) is 4.77. The number of carbonyl (C=O) groups excluding carboxylic acids is 3. The zero-order valence-corrected chi connectivity index (χ0v) is 15.1. The fourth-order valence-corrected chi connectivity index (χ4v) is 3.17. The Morgan fingerprint density at radius 1 is 1.32 bits per heavy atom. The number of benzene rings is 1. The number of amides is 4. The minimum atomic E-state index is -1.15. The van der Waals surface area contributed by atoms with Gasteiger partial charge in [0, 0.05) is 19.1 Å². The van der Waals surface area contributed by atoms with Crippen LogP contribution in [-0.4, -0.2) is 53.3 Å². The molecule has 1 unspecified atom stereocenters. The van der Waals surface area contributed by atoms with Crippen LogP contribution < -0.4 is 11.1 Å². The number of nitrogens with two attached hydrogens (primary N) is 1. The van der Waals surface area contributed by atoms with Crippen LogP contribution in [0, 0.1) is 6.92 Å². The maximum Gasteiger partial charge on any atom is 0.325 e. The molecule has 0 radical (unpaired) electrons. The van der Waals surface area contributed by atoms with E-state index in [2.05, 4.69) is 5.32 Å². The zero-order chi connectivity index (χ0) is 17.5. The van der Waals surface area contributed by atoms with E-state index in [4.69, 9.17) is 5.73 Å². The number of halogens is 1. The van der Waals surface area contributed by atoms with Crippen molar-refractivity contribution in [3.63, 3.8) is 0 Å². The number of nitrogens with one attached hydrogen (secondary N) is 1. The van der Waals surface area contributed by atoms with E-state index in [0.717, 1.165) is 16.9 Å². The van der Waals surface area contributed by atoms with Crippen molar-refractivity contribution in [2.75, 3.05) is 19.6 Å². The predicted molar refractivity (Wildman–Crippen MR) is 95.2 cm³/mol. The van der Waals surface area contributed by atoms with Gasteiger partial charge >= 0.3 is 6.03 Å². The number of aryl methyl sites for hydroxylation is 1. The fourth-order valence-electron chi connectivity index (χ4n) is 3.17. The molecule has 3 rings (SSSR count). The molecule has 1 aromatic rings. The minimum Gasteiger partial charge on any atom is -0.340 e. The van der Waals surface area contributed by atoms with E-state index in [1.165, 1.54) is 0 Å². The van der Waals surface area contributed by atoms with Crippen LogP contribution in [0.5, 0.6) is 0 Å². The van der Waals surface area contributed by atoms with E-state index in [0.29, 0.717) is 18.7 Å². The lowest BCUT2D eigenvalue weighted by Gasteiger charge is -2.23. The largest absolute Gasteiger partial charge is 0.340 e. The van der Waals surface area contributed by atoms with Crippen LogP contribution >= 0.6 is 12.4 Å². The number of urea groups is 1. The van der Waals surface area contributed by atoms with Crippen molar-refractivity contribution >= 4 is 30.3 Å². The molecule has 2 heterocycles. The number of hydrogen-bond donors (Lipinski definition) is 2. The zero-order valence-electron chi connectivity index (χ0n) is 14.3. The minimum absolute atomic E-state index is 0. The molecule has 8 heteroatoms. The van der Waals surface area contributed by atoms with Gasteiger partial charge in [0.2, 0.25) is 5.91 Å². The number of likely N-dealkylation sites (tertiary alicyclic amines) is 1. The lowest BCUT2D eigenvalue weighted by molar-refractivity contribution is -0.138. The van der Waals surface area contributed by atoms with Gasteiger partial charge in [-0.25, -0.2) is 4.79 Å². The molecule has 3 N–H and O–H groups in total. The summed E-state index contributed by atoms with van der Waals surface area (Å²) in [5.41, 5.74) is 6.42. The van der Waals surface area contributed by atoms with Gasteiger partial charge in [0.1, 0.15) is 12.1 Å². The lowest BCUT2D eigenvalue weighted by atomic mass is 9.91. The van der Waals surface area contributed by atoms with Gasteiger partial charge in [-0.15, -0.1) is 12.4 Å². The summed E-state index contributed by atoms with van der Waals surface area (Å²) >= 11 is 0. The second-order valence-corrected chi connectivity index (χ2v) is 6.70. The van der Waals surface area contributed by atoms with Gasteiger partial charge in [0.15, 0.2) is 0 Å². The summed E-state index contributed by atoms with van der Waals surface area (Å²) in [5.74, 6) is -0.659. The SMILES string of the molecule is Cc1ccc(C2(C)NC(=O)N(CC(=O)N3CC[C@@H](N)C3)C2=O)cc1.Cl. The van der Waals surface area contributed by atoms with Gasteiger partial charge in [0.05, 0.1) is 0 Å². The van der Waals surface area contributed by atoms with Crippen LogP contribution in [-0.2, 0) is 15.1 Å². The van der Waals surface area contributed by atoms with Gasteiger partial charge in [-0.1, -0.05) is 29.8 Å². The molecule has 136 valence electrons. The van der Waals surface area contributed by atoms with Crippen molar-refractivity contribution in [1.29, 1.82) is 0 Å². The first-order valence-corrected chi connectivity index (χ1v) is 8.06. The molecule has 0 spiro atoms. The van der Waals surface area contributed by atoms with Gasteiger partial charge in [-0.3, -0.25) is 14.5 Å². The quantitative estimate of drug-likeness (QED) is 0.771. The normalized spacial score (nSPS) is 25.8. The number of carbonyl (C=O) groups is 3. The predicted octanol–water partition coefficient (Wildman–Crippen LogP) is 0.743. The lowest BCUT2D eigenvalue weighted by Crippen LogP contribution is -2.44. The molecule has 1 aromatic carbocycles. The van der Waals surface area contributed by atoms with Crippen molar-refractivity contribution < 1.29 is 14.4 Å². The monoisotopic (exact) mass is 366 g/mol. The maximum atomic E-state index is 12.8. The molecule has 2 atom stereocenters. The van der Waals surface area contributed by atoms with Crippen molar-refractivity contribution in [3.8, 4) is 0 Å². The van der Waals surface area contributed by atoms with E-state index in [-0.39, 0.29) is 30.9 Å². The average molecular weight is 367 g/mol. The highest BCUT2D eigenvalue weighted by Crippen LogP contribution is 2.29. The molecule has 2 fully saturated rings. The molecular formula is C17H23ClN4O3. The highest BCUT2D eigenvalue weighted by Gasteiger charge is 2.49. The van der Waals surface area contributed by atoms with Crippen LogP contribution in [0.1, 0.15) is 24.5 Å². The summed E-state index contributed by atoms with van der Waals surface area (Å²) in [7, 11) is 0. The Morgan fingerprint density at radius 3 is 2.52 bits per heavy atom. The molecule has 2 aliphatic rings. The summed E-state index contributed by atoms with van der Waals surface area (Å²) in [6.07, 6.45) is 0.743. The maximum absolute atomic E-state index is 12.8.